The average Bonchev–Trinajstić information content (AvgIpc) is 2.13. The lowest BCUT2D eigenvalue weighted by Crippen LogP contribution is -2.56. The van der Waals surface area contributed by atoms with E-state index in [4.69, 9.17) is 4.74 Å². The van der Waals surface area contributed by atoms with Crippen LogP contribution in [0.25, 0.3) is 0 Å². The zero-order valence-electron chi connectivity index (χ0n) is 7.88. The van der Waals surface area contributed by atoms with Gasteiger partial charge in [0.15, 0.2) is 0 Å². The number of halogens is 1. The quantitative estimate of drug-likeness (QED) is 0.730. The summed E-state index contributed by atoms with van der Waals surface area (Å²) in [4.78, 5) is 0. The largest absolute Gasteiger partial charge is 0.497 e. The van der Waals surface area contributed by atoms with Crippen LogP contribution < -0.4 is 10.1 Å². The van der Waals surface area contributed by atoms with Gasteiger partial charge in [0, 0.05) is 19.2 Å². The van der Waals surface area contributed by atoms with E-state index in [9.17, 15) is 9.50 Å². The molecule has 1 aromatic carbocycles. The number of rotatable bonds is 2. The zero-order chi connectivity index (χ0) is 10.2. The Morgan fingerprint density at radius 2 is 2.14 bits per heavy atom. The summed E-state index contributed by atoms with van der Waals surface area (Å²) in [5, 5.41) is 12.9. The first-order valence-electron chi connectivity index (χ1n) is 4.42. The summed E-state index contributed by atoms with van der Waals surface area (Å²) in [6, 6.07) is 4.28. The van der Waals surface area contributed by atoms with Gasteiger partial charge in [-0.3, -0.25) is 0 Å². The van der Waals surface area contributed by atoms with Crippen LogP contribution in [0.3, 0.4) is 0 Å². The van der Waals surface area contributed by atoms with Crippen molar-refractivity contribution < 1.29 is 14.2 Å². The molecule has 76 valence electrons. The van der Waals surface area contributed by atoms with Gasteiger partial charge in [-0.05, 0) is 17.7 Å². The fourth-order valence-corrected chi connectivity index (χ4v) is 1.52. The molecule has 1 aliphatic heterocycles. The molecule has 1 aliphatic rings. The van der Waals surface area contributed by atoms with Crippen LogP contribution >= 0.6 is 0 Å². The van der Waals surface area contributed by atoms with Crippen molar-refractivity contribution in [1.82, 2.24) is 5.32 Å². The van der Waals surface area contributed by atoms with Crippen LogP contribution in [0.4, 0.5) is 4.39 Å². The highest BCUT2D eigenvalue weighted by Crippen LogP contribution is 2.28. The lowest BCUT2D eigenvalue weighted by atomic mass is 9.88. The molecule has 1 heterocycles. The number of aliphatic hydroxyl groups is 1. The molecule has 4 heteroatoms. The molecule has 0 atom stereocenters. The number of ether oxygens (including phenoxy) is 1. The van der Waals surface area contributed by atoms with Crippen molar-refractivity contribution in [3.8, 4) is 5.75 Å². The van der Waals surface area contributed by atoms with E-state index in [1.54, 1.807) is 6.07 Å². The first-order chi connectivity index (χ1) is 6.64. The van der Waals surface area contributed by atoms with Crippen molar-refractivity contribution >= 4 is 0 Å². The SMILES string of the molecule is COc1cc(F)cc(C2(O)CNC2)c1. The molecule has 0 spiro atoms. The summed E-state index contributed by atoms with van der Waals surface area (Å²) >= 11 is 0. The van der Waals surface area contributed by atoms with Gasteiger partial charge in [-0.25, -0.2) is 4.39 Å². The Labute approximate surface area is 81.5 Å². The second-order valence-corrected chi connectivity index (χ2v) is 3.51. The number of benzene rings is 1. The first kappa shape index (κ1) is 9.43. The standard InChI is InChI=1S/C10H12FNO2/c1-14-9-3-7(2-8(11)4-9)10(13)5-12-6-10/h2-4,12-13H,5-6H2,1H3. The molecule has 1 fully saturated rings. The van der Waals surface area contributed by atoms with E-state index in [1.807, 2.05) is 0 Å². The van der Waals surface area contributed by atoms with Crippen molar-refractivity contribution in [1.29, 1.82) is 0 Å². The van der Waals surface area contributed by atoms with Crippen LogP contribution in [0, 0.1) is 5.82 Å². The molecule has 0 aromatic heterocycles. The van der Waals surface area contributed by atoms with Crippen LogP contribution in [0.15, 0.2) is 18.2 Å². The fraction of sp³-hybridized carbons (Fsp3) is 0.400. The molecule has 0 saturated carbocycles. The normalized spacial score (nSPS) is 18.8. The molecule has 0 bridgehead atoms. The number of β-amino-alcohol motifs (C(OH)–C–C–N with tert-alkyl or cyclic N) is 1. The Kier molecular flexibility index (Phi) is 2.17. The average molecular weight is 197 g/mol. The molecule has 1 saturated heterocycles. The van der Waals surface area contributed by atoms with Crippen LogP contribution in [-0.2, 0) is 5.60 Å². The van der Waals surface area contributed by atoms with Gasteiger partial charge in [0.05, 0.1) is 7.11 Å². The Balaban J connectivity index is 2.37. The van der Waals surface area contributed by atoms with Crippen LogP contribution in [0.5, 0.6) is 5.75 Å². The molecule has 0 unspecified atom stereocenters. The summed E-state index contributed by atoms with van der Waals surface area (Å²) in [6.45, 7) is 0.916. The minimum Gasteiger partial charge on any atom is -0.497 e. The second kappa shape index (κ2) is 3.22. The van der Waals surface area contributed by atoms with Crippen LogP contribution in [0.2, 0.25) is 0 Å². The highest BCUT2D eigenvalue weighted by Gasteiger charge is 2.36. The van der Waals surface area contributed by atoms with Gasteiger partial charge in [0.2, 0.25) is 0 Å². The summed E-state index contributed by atoms with van der Waals surface area (Å²) in [7, 11) is 1.47. The van der Waals surface area contributed by atoms with E-state index in [-0.39, 0.29) is 5.82 Å². The molecular weight excluding hydrogens is 185 g/mol. The number of nitrogens with one attached hydrogen (secondary N) is 1. The van der Waals surface area contributed by atoms with Crippen LogP contribution in [0.1, 0.15) is 5.56 Å². The minimum absolute atomic E-state index is 0.389. The van der Waals surface area contributed by atoms with Gasteiger partial charge >= 0.3 is 0 Å². The Morgan fingerprint density at radius 3 is 2.64 bits per heavy atom. The van der Waals surface area contributed by atoms with Gasteiger partial charge in [0.1, 0.15) is 17.2 Å². The predicted octanol–water partition coefficient (Wildman–Crippen LogP) is 0.625. The minimum atomic E-state index is -0.935. The predicted molar refractivity (Wildman–Crippen MR) is 49.7 cm³/mol. The monoisotopic (exact) mass is 197 g/mol. The van der Waals surface area contributed by atoms with Gasteiger partial charge in [0.25, 0.3) is 0 Å². The van der Waals surface area contributed by atoms with Crippen molar-refractivity contribution in [2.45, 2.75) is 5.60 Å². The smallest absolute Gasteiger partial charge is 0.127 e. The maximum Gasteiger partial charge on any atom is 0.127 e. The van der Waals surface area contributed by atoms with Gasteiger partial charge < -0.3 is 15.2 Å². The second-order valence-electron chi connectivity index (χ2n) is 3.51. The van der Waals surface area contributed by atoms with Gasteiger partial charge in [-0.1, -0.05) is 0 Å². The third-order valence-corrected chi connectivity index (χ3v) is 2.48. The van der Waals surface area contributed by atoms with Crippen LogP contribution in [-0.4, -0.2) is 25.3 Å². The summed E-state index contributed by atoms with van der Waals surface area (Å²) in [6.07, 6.45) is 0. The van der Waals surface area contributed by atoms with E-state index < -0.39 is 5.60 Å². The van der Waals surface area contributed by atoms with E-state index in [2.05, 4.69) is 5.32 Å². The summed E-state index contributed by atoms with van der Waals surface area (Å²) in [5.41, 5.74) is -0.372. The number of methoxy groups -OCH3 is 1. The third kappa shape index (κ3) is 1.47. The van der Waals surface area contributed by atoms with Crippen molar-refractivity contribution in [2.24, 2.45) is 0 Å². The third-order valence-electron chi connectivity index (χ3n) is 2.48. The topological polar surface area (TPSA) is 41.5 Å². The Bertz CT molecular complexity index is 350. The highest BCUT2D eigenvalue weighted by molar-refractivity contribution is 5.35. The van der Waals surface area contributed by atoms with Crippen molar-refractivity contribution in [3.05, 3.63) is 29.6 Å². The fourth-order valence-electron chi connectivity index (χ4n) is 1.52. The zero-order valence-corrected chi connectivity index (χ0v) is 7.88. The van der Waals surface area contributed by atoms with E-state index in [0.29, 0.717) is 24.4 Å². The Hall–Kier alpha value is -1.13. The summed E-state index contributed by atoms with van der Waals surface area (Å²) in [5.74, 6) is 0.0417. The molecule has 0 radical (unpaired) electrons. The van der Waals surface area contributed by atoms with E-state index >= 15 is 0 Å². The molecular formula is C10H12FNO2. The lowest BCUT2D eigenvalue weighted by Gasteiger charge is -2.38. The lowest BCUT2D eigenvalue weighted by molar-refractivity contribution is -0.0150. The maximum absolute atomic E-state index is 13.1. The van der Waals surface area contributed by atoms with Gasteiger partial charge in [-0.15, -0.1) is 0 Å². The molecule has 3 nitrogen and oxygen atoms in total. The number of hydrogen-bond acceptors (Lipinski definition) is 3. The van der Waals surface area contributed by atoms with Gasteiger partial charge in [-0.2, -0.15) is 0 Å². The first-order valence-corrected chi connectivity index (χ1v) is 4.42. The Morgan fingerprint density at radius 1 is 1.43 bits per heavy atom. The molecule has 1 aromatic rings. The number of hydrogen-bond donors (Lipinski definition) is 2. The summed E-state index contributed by atoms with van der Waals surface area (Å²) < 4.78 is 18.0. The maximum atomic E-state index is 13.1. The van der Waals surface area contributed by atoms with E-state index in [1.165, 1.54) is 19.2 Å². The highest BCUT2D eigenvalue weighted by atomic mass is 19.1. The molecule has 14 heavy (non-hydrogen) atoms. The molecule has 0 amide bonds. The molecule has 2 N–H and O–H groups in total. The molecule has 0 aliphatic carbocycles. The van der Waals surface area contributed by atoms with Crippen molar-refractivity contribution in [3.63, 3.8) is 0 Å². The van der Waals surface area contributed by atoms with Crippen molar-refractivity contribution in [2.75, 3.05) is 20.2 Å². The molecule has 2 rings (SSSR count). The van der Waals surface area contributed by atoms with E-state index in [0.717, 1.165) is 0 Å².